The van der Waals surface area contributed by atoms with E-state index in [1.54, 1.807) is 18.5 Å². The Morgan fingerprint density at radius 2 is 1.92 bits per heavy atom. The second-order valence-electron chi connectivity index (χ2n) is 9.14. The molecule has 0 amide bonds. The smallest absolute Gasteiger partial charge is 0.261 e. The van der Waals surface area contributed by atoms with Gasteiger partial charge in [-0.25, -0.2) is 15.0 Å². The van der Waals surface area contributed by atoms with Crippen LogP contribution in [0.2, 0.25) is 0 Å². The summed E-state index contributed by atoms with van der Waals surface area (Å²) in [5.74, 6) is 1.15. The van der Waals surface area contributed by atoms with Crippen LogP contribution in [0.25, 0.3) is 33.3 Å². The van der Waals surface area contributed by atoms with Crippen LogP contribution in [-0.2, 0) is 4.74 Å². The van der Waals surface area contributed by atoms with Crippen LogP contribution in [0.4, 0.5) is 11.4 Å². The Bertz CT molecular complexity index is 1590. The van der Waals surface area contributed by atoms with E-state index in [4.69, 9.17) is 9.72 Å². The molecule has 0 radical (unpaired) electrons. The van der Waals surface area contributed by atoms with Crippen LogP contribution in [-0.4, -0.2) is 50.7 Å². The van der Waals surface area contributed by atoms with Crippen LogP contribution in [0.15, 0.2) is 65.7 Å². The third-order valence-corrected chi connectivity index (χ3v) is 6.56. The van der Waals surface area contributed by atoms with E-state index in [0.29, 0.717) is 29.5 Å². The highest BCUT2D eigenvalue weighted by Gasteiger charge is 2.22. The number of pyridine rings is 1. The average molecular weight is 482 g/mol. The van der Waals surface area contributed by atoms with Crippen molar-refractivity contribution >= 4 is 33.3 Å². The fourth-order valence-corrected chi connectivity index (χ4v) is 4.80. The van der Waals surface area contributed by atoms with Gasteiger partial charge < -0.3 is 24.9 Å². The zero-order chi connectivity index (χ0) is 24.6. The number of hydrogen-bond donors (Lipinski definition) is 3. The predicted octanol–water partition coefficient (Wildman–Crippen LogP) is 4.26. The highest BCUT2D eigenvalue weighted by atomic mass is 16.5. The van der Waals surface area contributed by atoms with Gasteiger partial charge in [0.2, 0.25) is 0 Å². The molecule has 3 aromatic heterocycles. The zero-order valence-corrected chi connectivity index (χ0v) is 20.2. The van der Waals surface area contributed by atoms with Gasteiger partial charge in [0.25, 0.3) is 5.56 Å². The van der Waals surface area contributed by atoms with Crippen molar-refractivity contribution in [2.24, 2.45) is 0 Å². The predicted molar refractivity (Wildman–Crippen MR) is 141 cm³/mol. The Balaban J connectivity index is 1.46. The molecule has 1 aliphatic heterocycles. The van der Waals surface area contributed by atoms with Crippen molar-refractivity contribution in [3.63, 3.8) is 0 Å². The van der Waals surface area contributed by atoms with Crippen molar-refractivity contribution in [2.75, 3.05) is 29.9 Å². The molecular formula is C27H27N7O2. The topological polar surface area (TPSA) is 112 Å². The van der Waals surface area contributed by atoms with Crippen LogP contribution >= 0.6 is 0 Å². The Morgan fingerprint density at radius 3 is 2.75 bits per heavy atom. The lowest BCUT2D eigenvalue weighted by Gasteiger charge is -2.32. The number of rotatable bonds is 5. The van der Waals surface area contributed by atoms with Gasteiger partial charge in [0.1, 0.15) is 17.2 Å². The van der Waals surface area contributed by atoms with Crippen LogP contribution in [0.1, 0.15) is 25.7 Å². The molecule has 1 saturated heterocycles. The molecule has 4 heterocycles. The number of imidazole rings is 1. The quantitative estimate of drug-likeness (QED) is 0.344. The standard InChI is InChI=1S/C27H27N7O2/c1-16-15-34(12-13-36-16)18-8-9-21-22(14-18)32-26(31-21)23-24(30-17(2)25-28-10-5-11-29-25)19-6-3-4-7-20(19)33-27(23)35/h3-11,14,16-17H,12-13,15H2,1-2H3,(H,31,32)(H2,30,33,35)/t16-,17+/m0/s1. The minimum atomic E-state index is -0.227. The lowest BCUT2D eigenvalue weighted by molar-refractivity contribution is 0.0532. The van der Waals surface area contributed by atoms with Crippen molar-refractivity contribution < 1.29 is 4.74 Å². The number of aromatic amines is 2. The van der Waals surface area contributed by atoms with Gasteiger partial charge in [-0.3, -0.25) is 4.79 Å². The Kier molecular flexibility index (Phi) is 5.61. The number of fused-ring (bicyclic) bond motifs is 2. The second-order valence-corrected chi connectivity index (χ2v) is 9.14. The molecule has 9 heteroatoms. The first-order chi connectivity index (χ1) is 17.6. The highest BCUT2D eigenvalue weighted by Crippen LogP contribution is 2.33. The number of anilines is 2. The molecule has 0 saturated carbocycles. The fourth-order valence-electron chi connectivity index (χ4n) is 4.80. The third kappa shape index (κ3) is 4.07. The number of H-pyrrole nitrogens is 2. The lowest BCUT2D eigenvalue weighted by atomic mass is 10.1. The van der Waals surface area contributed by atoms with E-state index >= 15 is 0 Å². The van der Waals surface area contributed by atoms with E-state index in [2.05, 4.69) is 49.2 Å². The largest absolute Gasteiger partial charge is 0.375 e. The third-order valence-electron chi connectivity index (χ3n) is 6.56. The van der Waals surface area contributed by atoms with Crippen LogP contribution < -0.4 is 15.8 Å². The minimum absolute atomic E-state index is 0.187. The van der Waals surface area contributed by atoms with E-state index < -0.39 is 0 Å². The van der Waals surface area contributed by atoms with Crippen molar-refractivity contribution in [1.82, 2.24) is 24.9 Å². The first-order valence-electron chi connectivity index (χ1n) is 12.1. The Hall–Kier alpha value is -4.24. The molecule has 0 unspecified atom stereocenters. The molecule has 0 bridgehead atoms. The maximum atomic E-state index is 13.4. The van der Waals surface area contributed by atoms with Gasteiger partial charge in [-0.15, -0.1) is 0 Å². The van der Waals surface area contributed by atoms with Crippen molar-refractivity contribution in [1.29, 1.82) is 0 Å². The van der Waals surface area contributed by atoms with Gasteiger partial charge in [0, 0.05) is 36.6 Å². The number of ether oxygens (including phenoxy) is 1. The number of nitrogens with zero attached hydrogens (tertiary/aromatic N) is 4. The minimum Gasteiger partial charge on any atom is -0.375 e. The van der Waals surface area contributed by atoms with E-state index in [1.165, 1.54) is 0 Å². The molecule has 2 atom stereocenters. The van der Waals surface area contributed by atoms with Gasteiger partial charge in [0.15, 0.2) is 0 Å². The van der Waals surface area contributed by atoms with Crippen LogP contribution in [0.5, 0.6) is 0 Å². The normalized spacial score (nSPS) is 16.9. The summed E-state index contributed by atoms with van der Waals surface area (Å²) in [4.78, 5) is 35.7. The van der Waals surface area contributed by atoms with Gasteiger partial charge >= 0.3 is 0 Å². The van der Waals surface area contributed by atoms with Crippen molar-refractivity contribution in [3.8, 4) is 11.4 Å². The maximum absolute atomic E-state index is 13.4. The summed E-state index contributed by atoms with van der Waals surface area (Å²) in [6.07, 6.45) is 3.61. The van der Waals surface area contributed by atoms with Gasteiger partial charge in [0.05, 0.1) is 41.0 Å². The van der Waals surface area contributed by atoms with E-state index in [9.17, 15) is 4.79 Å². The Morgan fingerprint density at radius 1 is 1.08 bits per heavy atom. The summed E-state index contributed by atoms with van der Waals surface area (Å²) in [7, 11) is 0. The summed E-state index contributed by atoms with van der Waals surface area (Å²) in [5, 5.41) is 4.38. The number of para-hydroxylation sites is 1. The molecule has 2 aromatic carbocycles. The molecule has 1 aliphatic rings. The molecule has 0 aliphatic carbocycles. The first kappa shape index (κ1) is 22.2. The lowest BCUT2D eigenvalue weighted by Crippen LogP contribution is -2.41. The van der Waals surface area contributed by atoms with Gasteiger partial charge in [-0.05, 0) is 44.2 Å². The summed E-state index contributed by atoms with van der Waals surface area (Å²) in [5.41, 5.74) is 4.44. The van der Waals surface area contributed by atoms with Crippen molar-refractivity contribution in [2.45, 2.75) is 26.0 Å². The number of benzene rings is 2. The molecule has 6 rings (SSSR count). The number of morpholine rings is 1. The number of nitrogens with one attached hydrogen (secondary N) is 3. The van der Waals surface area contributed by atoms with Crippen LogP contribution in [0.3, 0.4) is 0 Å². The van der Waals surface area contributed by atoms with Gasteiger partial charge in [-0.1, -0.05) is 18.2 Å². The van der Waals surface area contributed by atoms with E-state index in [0.717, 1.165) is 40.7 Å². The number of aromatic nitrogens is 5. The molecule has 3 N–H and O–H groups in total. The molecule has 5 aromatic rings. The molecule has 182 valence electrons. The summed E-state index contributed by atoms with van der Waals surface area (Å²) >= 11 is 0. The van der Waals surface area contributed by atoms with E-state index in [-0.39, 0.29) is 17.7 Å². The van der Waals surface area contributed by atoms with Crippen molar-refractivity contribution in [3.05, 3.63) is 77.1 Å². The Labute approximate surface area is 207 Å². The molecule has 36 heavy (non-hydrogen) atoms. The fraction of sp³-hybridized carbons (Fsp3) is 0.259. The zero-order valence-electron chi connectivity index (χ0n) is 20.2. The summed E-state index contributed by atoms with van der Waals surface area (Å²) < 4.78 is 5.69. The van der Waals surface area contributed by atoms with Gasteiger partial charge in [-0.2, -0.15) is 0 Å². The van der Waals surface area contributed by atoms with Crippen LogP contribution in [0, 0.1) is 0 Å². The van der Waals surface area contributed by atoms with E-state index in [1.807, 2.05) is 37.3 Å². The number of hydrogen-bond acceptors (Lipinski definition) is 7. The molecule has 9 nitrogen and oxygen atoms in total. The average Bonchev–Trinajstić information content (AvgIpc) is 3.32. The first-order valence-corrected chi connectivity index (χ1v) is 12.1. The molecular weight excluding hydrogens is 454 g/mol. The molecule has 0 spiro atoms. The summed E-state index contributed by atoms with van der Waals surface area (Å²) in [6.45, 7) is 6.45. The molecule has 1 fully saturated rings. The highest BCUT2D eigenvalue weighted by molar-refractivity contribution is 5.99. The second kappa shape index (κ2) is 9.09. The SMILES string of the molecule is C[C@H]1CN(c2ccc3nc(-c4c(N[C@H](C)c5ncccn5)c5ccccc5[nH]c4=O)[nH]c3c2)CCO1. The monoisotopic (exact) mass is 481 g/mol. The maximum Gasteiger partial charge on any atom is 0.261 e. The summed E-state index contributed by atoms with van der Waals surface area (Å²) in [6, 6.07) is 15.4.